The maximum Gasteiger partial charge on any atom is 0.238 e. The lowest BCUT2D eigenvalue weighted by atomic mass is 10.2. The van der Waals surface area contributed by atoms with Crippen molar-refractivity contribution in [1.29, 1.82) is 0 Å². The van der Waals surface area contributed by atoms with Crippen LogP contribution in [-0.2, 0) is 9.59 Å². The lowest BCUT2D eigenvalue weighted by Crippen LogP contribution is -2.45. The molecule has 2 aromatic rings. The number of hydrogen-bond donors (Lipinski definition) is 1. The summed E-state index contributed by atoms with van der Waals surface area (Å²) in [6.07, 6.45) is 1.70. The van der Waals surface area contributed by atoms with Gasteiger partial charge in [-0.1, -0.05) is 47.1 Å². The highest BCUT2D eigenvalue weighted by Gasteiger charge is 2.35. The monoisotopic (exact) mass is 433 g/mol. The van der Waals surface area contributed by atoms with E-state index in [1.807, 2.05) is 0 Å². The zero-order chi connectivity index (χ0) is 20.1. The highest BCUT2D eigenvalue weighted by molar-refractivity contribution is 8.15. The number of anilines is 1. The van der Waals surface area contributed by atoms with Gasteiger partial charge in [-0.05, 0) is 42.5 Å². The molecule has 0 saturated carbocycles. The number of amides is 2. The lowest BCUT2D eigenvalue weighted by molar-refractivity contribution is -0.129. The summed E-state index contributed by atoms with van der Waals surface area (Å²) in [5.41, 5.74) is 1.22. The van der Waals surface area contributed by atoms with Crippen LogP contribution in [0.5, 0.6) is 0 Å². The molecule has 1 heterocycles. The van der Waals surface area contributed by atoms with E-state index in [-0.39, 0.29) is 18.2 Å². The van der Waals surface area contributed by atoms with Crippen molar-refractivity contribution in [3.05, 3.63) is 71.2 Å². The summed E-state index contributed by atoms with van der Waals surface area (Å²) < 4.78 is 0. The Morgan fingerprint density at radius 3 is 2.68 bits per heavy atom. The smallest absolute Gasteiger partial charge is 0.238 e. The average molecular weight is 434 g/mol. The van der Waals surface area contributed by atoms with Crippen LogP contribution < -0.4 is 5.32 Å². The molecule has 8 heteroatoms. The Kier molecular flexibility index (Phi) is 6.78. The minimum Gasteiger partial charge on any atom is -0.325 e. The van der Waals surface area contributed by atoms with E-state index in [1.165, 1.54) is 16.7 Å². The number of rotatable bonds is 5. The number of thioether (sulfide) groups is 1. The Morgan fingerprint density at radius 1 is 1.25 bits per heavy atom. The van der Waals surface area contributed by atoms with E-state index in [9.17, 15) is 9.59 Å². The molecule has 1 aliphatic heterocycles. The molecule has 1 N–H and O–H groups in total. The van der Waals surface area contributed by atoms with Crippen molar-refractivity contribution >= 4 is 63.3 Å². The zero-order valence-electron chi connectivity index (χ0n) is 14.8. The first-order valence-electron chi connectivity index (χ1n) is 8.45. The quantitative estimate of drug-likeness (QED) is 0.663. The van der Waals surface area contributed by atoms with Crippen LogP contribution >= 0.6 is 35.0 Å². The van der Waals surface area contributed by atoms with Crippen LogP contribution in [0.25, 0.3) is 0 Å². The summed E-state index contributed by atoms with van der Waals surface area (Å²) in [5.74, 6) is -0.451. The molecule has 144 valence electrons. The first kappa shape index (κ1) is 20.5. The number of halogens is 2. The van der Waals surface area contributed by atoms with Gasteiger partial charge in [0.15, 0.2) is 5.17 Å². The molecule has 2 amide bonds. The number of carbonyl (C=O) groups excluding carboxylic acids is 2. The van der Waals surface area contributed by atoms with Gasteiger partial charge in [0.1, 0.15) is 5.25 Å². The summed E-state index contributed by atoms with van der Waals surface area (Å²) in [6.45, 7) is 4.01. The molecule has 1 saturated heterocycles. The molecule has 0 bridgehead atoms. The van der Waals surface area contributed by atoms with Gasteiger partial charge in [0.2, 0.25) is 11.8 Å². The Morgan fingerprint density at radius 2 is 2.00 bits per heavy atom. The van der Waals surface area contributed by atoms with Gasteiger partial charge in [-0.2, -0.15) is 0 Å². The van der Waals surface area contributed by atoms with Crippen LogP contribution in [0.15, 0.2) is 66.2 Å². The fourth-order valence-electron chi connectivity index (χ4n) is 2.56. The molecule has 2 aromatic carbocycles. The Bertz CT molecular complexity index is 931. The van der Waals surface area contributed by atoms with Crippen LogP contribution in [0, 0.1) is 0 Å². The van der Waals surface area contributed by atoms with Crippen LogP contribution in [0.4, 0.5) is 11.4 Å². The second kappa shape index (κ2) is 9.28. The molecule has 1 aliphatic rings. The van der Waals surface area contributed by atoms with Gasteiger partial charge in [-0.15, -0.1) is 6.58 Å². The Labute approximate surface area is 177 Å². The molecule has 0 spiro atoms. The van der Waals surface area contributed by atoms with Crippen molar-refractivity contribution in [1.82, 2.24) is 4.90 Å². The third kappa shape index (κ3) is 5.16. The fraction of sp³-hybridized carbons (Fsp3) is 0.150. The number of aliphatic imine (C=N–C) groups is 1. The average Bonchev–Trinajstić information content (AvgIpc) is 2.66. The third-order valence-electron chi connectivity index (χ3n) is 3.89. The molecular formula is C20H17Cl2N3O2S. The first-order chi connectivity index (χ1) is 13.5. The molecule has 5 nitrogen and oxygen atoms in total. The molecule has 1 unspecified atom stereocenters. The van der Waals surface area contributed by atoms with E-state index in [2.05, 4.69) is 16.9 Å². The molecule has 28 heavy (non-hydrogen) atoms. The van der Waals surface area contributed by atoms with Crippen molar-refractivity contribution in [3.63, 3.8) is 0 Å². The minimum atomic E-state index is -0.595. The highest BCUT2D eigenvalue weighted by Crippen LogP contribution is 2.30. The number of benzene rings is 2. The van der Waals surface area contributed by atoms with Gasteiger partial charge in [0.25, 0.3) is 0 Å². The van der Waals surface area contributed by atoms with Crippen molar-refractivity contribution in [2.75, 3.05) is 11.9 Å². The van der Waals surface area contributed by atoms with E-state index in [4.69, 9.17) is 23.2 Å². The maximum atomic E-state index is 12.7. The second-order valence-electron chi connectivity index (χ2n) is 5.97. The Hall–Kier alpha value is -2.28. The van der Waals surface area contributed by atoms with E-state index >= 15 is 0 Å². The largest absolute Gasteiger partial charge is 0.325 e. The van der Waals surface area contributed by atoms with Crippen molar-refractivity contribution in [2.24, 2.45) is 4.99 Å². The van der Waals surface area contributed by atoms with Gasteiger partial charge >= 0.3 is 0 Å². The predicted octanol–water partition coefficient (Wildman–Crippen LogP) is 5.14. The molecule has 0 aliphatic carbocycles. The molecular weight excluding hydrogens is 417 g/mol. The molecule has 0 radical (unpaired) electrons. The molecule has 1 fully saturated rings. The van der Waals surface area contributed by atoms with Gasteiger partial charge < -0.3 is 5.32 Å². The SMILES string of the molecule is C=CCN1C(=O)CC(C(=O)Nc2ccc(Cl)cc2)SC1=Nc1cccc(Cl)c1. The lowest BCUT2D eigenvalue weighted by Gasteiger charge is -2.31. The molecule has 3 rings (SSSR count). The normalized spacial score (nSPS) is 18.2. The minimum absolute atomic E-state index is 0.0759. The number of amidine groups is 1. The standard InChI is InChI=1S/C20H17Cl2N3O2S/c1-2-10-25-18(26)12-17(19(27)23-15-8-6-13(21)7-9-15)28-20(25)24-16-5-3-4-14(22)11-16/h2-9,11,17H,1,10,12H2,(H,23,27). The topological polar surface area (TPSA) is 61.8 Å². The van der Waals surface area contributed by atoms with Crippen LogP contribution in [0.1, 0.15) is 6.42 Å². The summed E-state index contributed by atoms with van der Waals surface area (Å²) in [6, 6.07) is 13.8. The fourth-order valence-corrected chi connectivity index (χ4v) is 3.98. The van der Waals surface area contributed by atoms with Crippen molar-refractivity contribution < 1.29 is 9.59 Å². The third-order valence-corrected chi connectivity index (χ3v) is 5.56. The van der Waals surface area contributed by atoms with E-state index in [1.54, 1.807) is 54.6 Å². The molecule has 1 atom stereocenters. The van der Waals surface area contributed by atoms with E-state index in [0.29, 0.717) is 33.1 Å². The predicted molar refractivity (Wildman–Crippen MR) is 117 cm³/mol. The maximum absolute atomic E-state index is 12.7. The summed E-state index contributed by atoms with van der Waals surface area (Å²) >= 11 is 13.1. The van der Waals surface area contributed by atoms with Crippen molar-refractivity contribution in [2.45, 2.75) is 11.7 Å². The Balaban J connectivity index is 1.82. The van der Waals surface area contributed by atoms with Gasteiger partial charge in [0, 0.05) is 28.7 Å². The van der Waals surface area contributed by atoms with Crippen LogP contribution in [-0.4, -0.2) is 33.7 Å². The van der Waals surface area contributed by atoms with E-state index in [0.717, 1.165) is 0 Å². The van der Waals surface area contributed by atoms with Crippen LogP contribution in [0.3, 0.4) is 0 Å². The van der Waals surface area contributed by atoms with Gasteiger partial charge in [-0.25, -0.2) is 4.99 Å². The van der Waals surface area contributed by atoms with E-state index < -0.39 is 5.25 Å². The summed E-state index contributed by atoms with van der Waals surface area (Å²) in [5, 5.41) is 3.78. The number of nitrogens with zero attached hydrogens (tertiary/aromatic N) is 2. The number of carbonyl (C=O) groups is 2. The zero-order valence-corrected chi connectivity index (χ0v) is 17.1. The summed E-state index contributed by atoms with van der Waals surface area (Å²) in [7, 11) is 0. The van der Waals surface area contributed by atoms with Crippen molar-refractivity contribution in [3.8, 4) is 0 Å². The molecule has 0 aromatic heterocycles. The summed E-state index contributed by atoms with van der Waals surface area (Å²) in [4.78, 5) is 31.4. The van der Waals surface area contributed by atoms with Gasteiger partial charge in [-0.3, -0.25) is 14.5 Å². The first-order valence-corrected chi connectivity index (χ1v) is 10.1. The highest BCUT2D eigenvalue weighted by atomic mass is 35.5. The number of nitrogens with one attached hydrogen (secondary N) is 1. The van der Waals surface area contributed by atoms with Gasteiger partial charge in [0.05, 0.1) is 5.69 Å². The van der Waals surface area contributed by atoms with Crippen LogP contribution in [0.2, 0.25) is 10.0 Å². The number of hydrogen-bond acceptors (Lipinski definition) is 4. The second-order valence-corrected chi connectivity index (χ2v) is 8.02.